The summed E-state index contributed by atoms with van der Waals surface area (Å²) in [6, 6.07) is 7.33. The Morgan fingerprint density at radius 1 is 1.33 bits per heavy atom. The van der Waals surface area contributed by atoms with Gasteiger partial charge in [0.15, 0.2) is 5.58 Å². The number of hydrogen-bond acceptors (Lipinski definition) is 4. The maximum Gasteiger partial charge on any atom is 0.311 e. The summed E-state index contributed by atoms with van der Waals surface area (Å²) in [6.07, 6.45) is 2.23. The molecule has 0 bridgehead atoms. The van der Waals surface area contributed by atoms with Gasteiger partial charge in [-0.1, -0.05) is 23.7 Å². The van der Waals surface area contributed by atoms with Crippen LogP contribution in [0.25, 0.3) is 11.0 Å². The van der Waals surface area contributed by atoms with E-state index in [1.165, 1.54) is 0 Å². The van der Waals surface area contributed by atoms with Crippen LogP contribution in [0.3, 0.4) is 0 Å². The van der Waals surface area contributed by atoms with E-state index in [9.17, 15) is 14.7 Å². The van der Waals surface area contributed by atoms with E-state index < -0.39 is 11.4 Å². The second-order valence-electron chi connectivity index (χ2n) is 5.52. The molecular weight excluding hydrogens is 272 g/mol. The molecule has 1 aromatic heterocycles. The van der Waals surface area contributed by atoms with Crippen molar-refractivity contribution in [3.8, 4) is 0 Å². The summed E-state index contributed by atoms with van der Waals surface area (Å²) in [5.41, 5.74) is 0.434. The lowest BCUT2D eigenvalue weighted by Crippen LogP contribution is -2.47. The first-order valence-corrected chi connectivity index (χ1v) is 6.94. The number of hydrogen-bond donors (Lipinski definition) is 2. The number of fused-ring (bicyclic) bond motifs is 1. The third kappa shape index (κ3) is 2.49. The lowest BCUT2D eigenvalue weighted by Gasteiger charge is -2.37. The lowest BCUT2D eigenvalue weighted by atomic mass is 9.69. The van der Waals surface area contributed by atoms with Crippen molar-refractivity contribution >= 4 is 22.8 Å². The molecule has 0 spiro atoms. The van der Waals surface area contributed by atoms with Crippen molar-refractivity contribution in [2.45, 2.75) is 25.7 Å². The van der Waals surface area contributed by atoms with Gasteiger partial charge in [0.25, 0.3) is 0 Å². The summed E-state index contributed by atoms with van der Waals surface area (Å²) in [7, 11) is 0. The molecule has 2 N–H and O–H groups in total. The molecular formula is C15H16N2O4. The fourth-order valence-electron chi connectivity index (χ4n) is 2.62. The number of rotatable bonds is 5. The molecule has 0 radical (unpaired) electrons. The summed E-state index contributed by atoms with van der Waals surface area (Å²) in [5.74, 6) is -1.07. The van der Waals surface area contributed by atoms with E-state index in [2.05, 4.69) is 10.5 Å². The number of amides is 1. The van der Waals surface area contributed by atoms with Crippen molar-refractivity contribution in [3.63, 3.8) is 0 Å². The first kappa shape index (κ1) is 13.6. The van der Waals surface area contributed by atoms with Crippen LogP contribution < -0.4 is 5.32 Å². The van der Waals surface area contributed by atoms with Crippen molar-refractivity contribution in [1.29, 1.82) is 0 Å². The zero-order valence-electron chi connectivity index (χ0n) is 11.5. The average Bonchev–Trinajstić information content (AvgIpc) is 2.81. The molecule has 110 valence electrons. The highest BCUT2D eigenvalue weighted by atomic mass is 16.5. The molecule has 1 saturated carbocycles. The smallest absolute Gasteiger partial charge is 0.311 e. The molecule has 0 atom stereocenters. The van der Waals surface area contributed by atoms with Crippen molar-refractivity contribution < 1.29 is 19.2 Å². The summed E-state index contributed by atoms with van der Waals surface area (Å²) in [5, 5.41) is 16.6. The van der Waals surface area contributed by atoms with E-state index in [0.29, 0.717) is 24.1 Å². The van der Waals surface area contributed by atoms with Crippen molar-refractivity contribution in [2.75, 3.05) is 6.54 Å². The Morgan fingerprint density at radius 2 is 2.10 bits per heavy atom. The summed E-state index contributed by atoms with van der Waals surface area (Å²) >= 11 is 0. The SMILES string of the molecule is O=C(Cc1noc2ccccc12)NCC1(C(=O)O)CCC1. The van der Waals surface area contributed by atoms with Crippen LogP contribution in [0.1, 0.15) is 25.0 Å². The largest absolute Gasteiger partial charge is 0.481 e. The predicted octanol–water partition coefficient (Wildman–Crippen LogP) is 1.74. The van der Waals surface area contributed by atoms with E-state index >= 15 is 0 Å². The van der Waals surface area contributed by atoms with E-state index in [-0.39, 0.29) is 18.9 Å². The van der Waals surface area contributed by atoms with E-state index in [1.54, 1.807) is 6.07 Å². The third-order valence-corrected chi connectivity index (χ3v) is 4.17. The summed E-state index contributed by atoms with van der Waals surface area (Å²) < 4.78 is 5.14. The zero-order valence-corrected chi connectivity index (χ0v) is 11.5. The van der Waals surface area contributed by atoms with E-state index in [1.807, 2.05) is 18.2 Å². The van der Waals surface area contributed by atoms with Crippen LogP contribution in [0.4, 0.5) is 0 Å². The van der Waals surface area contributed by atoms with Crippen LogP contribution in [-0.4, -0.2) is 28.7 Å². The number of nitrogens with zero attached hydrogens (tertiary/aromatic N) is 1. The van der Waals surface area contributed by atoms with Gasteiger partial charge in [0.2, 0.25) is 5.91 Å². The van der Waals surface area contributed by atoms with Gasteiger partial charge in [-0.2, -0.15) is 0 Å². The lowest BCUT2D eigenvalue weighted by molar-refractivity contribution is -0.154. The molecule has 21 heavy (non-hydrogen) atoms. The maximum atomic E-state index is 12.0. The summed E-state index contributed by atoms with van der Waals surface area (Å²) in [6.45, 7) is 0.178. The number of para-hydroxylation sites is 1. The van der Waals surface area contributed by atoms with Gasteiger partial charge in [-0.3, -0.25) is 9.59 Å². The zero-order chi connectivity index (χ0) is 14.9. The Morgan fingerprint density at radius 3 is 2.76 bits per heavy atom. The number of nitrogens with one attached hydrogen (secondary N) is 1. The molecule has 6 nitrogen and oxygen atoms in total. The van der Waals surface area contributed by atoms with Gasteiger partial charge >= 0.3 is 5.97 Å². The number of carbonyl (C=O) groups is 2. The molecule has 2 aromatic rings. The standard InChI is InChI=1S/C15H16N2O4/c18-13(16-9-15(14(19)20)6-3-7-15)8-11-10-4-1-2-5-12(10)21-17-11/h1-2,4-5H,3,6-9H2,(H,16,18)(H,19,20). The topological polar surface area (TPSA) is 92.4 Å². The predicted molar refractivity (Wildman–Crippen MR) is 74.6 cm³/mol. The molecule has 0 aliphatic heterocycles. The van der Waals surface area contributed by atoms with Crippen LogP contribution in [0, 0.1) is 5.41 Å². The van der Waals surface area contributed by atoms with Crippen molar-refractivity contribution in [1.82, 2.24) is 10.5 Å². The number of aromatic nitrogens is 1. The molecule has 3 rings (SSSR count). The van der Waals surface area contributed by atoms with E-state index in [0.717, 1.165) is 11.8 Å². The normalized spacial score (nSPS) is 16.4. The van der Waals surface area contributed by atoms with Gasteiger partial charge in [-0.05, 0) is 25.0 Å². The molecule has 1 heterocycles. The quantitative estimate of drug-likeness (QED) is 0.874. The first-order valence-electron chi connectivity index (χ1n) is 6.94. The summed E-state index contributed by atoms with van der Waals surface area (Å²) in [4.78, 5) is 23.2. The highest BCUT2D eigenvalue weighted by Gasteiger charge is 2.44. The second-order valence-corrected chi connectivity index (χ2v) is 5.52. The minimum atomic E-state index is -0.832. The van der Waals surface area contributed by atoms with Gasteiger partial charge in [-0.25, -0.2) is 0 Å². The fourth-order valence-corrected chi connectivity index (χ4v) is 2.62. The Balaban J connectivity index is 1.63. The van der Waals surface area contributed by atoms with Crippen LogP contribution in [0.15, 0.2) is 28.8 Å². The van der Waals surface area contributed by atoms with Crippen molar-refractivity contribution in [3.05, 3.63) is 30.0 Å². The number of carboxylic acid groups (broad SMARTS) is 1. The Kier molecular flexibility index (Phi) is 3.37. The van der Waals surface area contributed by atoms with Gasteiger partial charge < -0.3 is 14.9 Å². The highest BCUT2D eigenvalue weighted by molar-refractivity contribution is 5.86. The molecule has 1 aromatic carbocycles. The molecule has 0 saturated heterocycles. The highest BCUT2D eigenvalue weighted by Crippen LogP contribution is 2.40. The van der Waals surface area contributed by atoms with Gasteiger partial charge in [0.1, 0.15) is 5.69 Å². The van der Waals surface area contributed by atoms with Crippen LogP contribution in [0.5, 0.6) is 0 Å². The molecule has 1 fully saturated rings. The van der Waals surface area contributed by atoms with Crippen molar-refractivity contribution in [2.24, 2.45) is 5.41 Å². The third-order valence-electron chi connectivity index (χ3n) is 4.17. The fraction of sp³-hybridized carbons (Fsp3) is 0.400. The molecule has 0 unspecified atom stereocenters. The maximum absolute atomic E-state index is 12.0. The molecule has 6 heteroatoms. The van der Waals surface area contributed by atoms with Crippen LogP contribution in [-0.2, 0) is 16.0 Å². The van der Waals surface area contributed by atoms with E-state index in [4.69, 9.17) is 4.52 Å². The second kappa shape index (κ2) is 5.20. The number of carboxylic acids is 1. The molecule has 1 amide bonds. The van der Waals surface area contributed by atoms with Gasteiger partial charge in [0.05, 0.1) is 11.8 Å². The monoisotopic (exact) mass is 288 g/mol. The van der Waals surface area contributed by atoms with Crippen LogP contribution >= 0.6 is 0 Å². The Hall–Kier alpha value is -2.37. The van der Waals surface area contributed by atoms with Gasteiger partial charge in [0, 0.05) is 11.9 Å². The Bertz CT molecular complexity index is 688. The molecule has 1 aliphatic carbocycles. The number of aliphatic carboxylic acids is 1. The number of carbonyl (C=O) groups excluding carboxylic acids is 1. The molecule has 1 aliphatic rings. The average molecular weight is 288 g/mol. The number of benzene rings is 1. The minimum absolute atomic E-state index is 0.0900. The minimum Gasteiger partial charge on any atom is -0.481 e. The van der Waals surface area contributed by atoms with Crippen LogP contribution in [0.2, 0.25) is 0 Å². The first-order chi connectivity index (χ1) is 10.1. The van der Waals surface area contributed by atoms with Gasteiger partial charge in [-0.15, -0.1) is 0 Å². The Labute approximate surface area is 121 Å².